The van der Waals surface area contributed by atoms with Gasteiger partial charge in [-0.05, 0) is 24.3 Å². The fraction of sp³-hybridized carbons (Fsp3) is 0.500. The van der Waals surface area contributed by atoms with Crippen LogP contribution in [0.2, 0.25) is 0 Å². The van der Waals surface area contributed by atoms with E-state index in [9.17, 15) is 9.59 Å². The predicted octanol–water partition coefficient (Wildman–Crippen LogP) is 2.14. The third-order valence-electron chi connectivity index (χ3n) is 3.70. The van der Waals surface area contributed by atoms with E-state index in [1.807, 2.05) is 30.3 Å². The molecule has 2 unspecified atom stereocenters. The second-order valence-corrected chi connectivity index (χ2v) is 5.39. The highest BCUT2D eigenvalue weighted by molar-refractivity contribution is 5.80. The average molecular weight is 291 g/mol. The van der Waals surface area contributed by atoms with Crippen molar-refractivity contribution in [3.8, 4) is 0 Å². The molecule has 1 fully saturated rings. The molecule has 0 spiro atoms. The maximum atomic E-state index is 11.9. The van der Waals surface area contributed by atoms with E-state index in [-0.39, 0.29) is 24.8 Å². The van der Waals surface area contributed by atoms with Gasteiger partial charge in [-0.1, -0.05) is 30.3 Å². The van der Waals surface area contributed by atoms with Crippen LogP contribution < -0.4 is 5.32 Å². The molecular formula is C16H21NO4. The molecule has 1 aliphatic heterocycles. The summed E-state index contributed by atoms with van der Waals surface area (Å²) in [6.45, 7) is 1.51. The van der Waals surface area contributed by atoms with Gasteiger partial charge in [0.25, 0.3) is 0 Å². The number of carboxylic acid groups (broad SMARTS) is 1. The van der Waals surface area contributed by atoms with Crippen LogP contribution in [-0.4, -0.2) is 30.2 Å². The molecule has 2 N–H and O–H groups in total. The lowest BCUT2D eigenvalue weighted by Crippen LogP contribution is -2.30. The Labute approximate surface area is 124 Å². The van der Waals surface area contributed by atoms with E-state index in [1.54, 1.807) is 0 Å². The van der Waals surface area contributed by atoms with Crippen LogP contribution in [0.15, 0.2) is 30.3 Å². The zero-order valence-corrected chi connectivity index (χ0v) is 12.0. The number of nitrogens with one attached hydrogen (secondary N) is 1. The molecule has 1 aliphatic rings. The molecule has 0 aliphatic carbocycles. The summed E-state index contributed by atoms with van der Waals surface area (Å²) in [7, 11) is 0. The van der Waals surface area contributed by atoms with E-state index >= 15 is 0 Å². The summed E-state index contributed by atoms with van der Waals surface area (Å²) in [6.07, 6.45) is 1.71. The minimum absolute atomic E-state index is 0.0137. The minimum atomic E-state index is -0.953. The van der Waals surface area contributed by atoms with Crippen molar-refractivity contribution in [2.75, 3.05) is 13.2 Å². The van der Waals surface area contributed by atoms with Crippen LogP contribution in [0.5, 0.6) is 0 Å². The Morgan fingerprint density at radius 3 is 2.67 bits per heavy atom. The Bertz CT molecular complexity index is 468. The van der Waals surface area contributed by atoms with Gasteiger partial charge < -0.3 is 15.2 Å². The van der Waals surface area contributed by atoms with Crippen molar-refractivity contribution in [2.24, 2.45) is 5.92 Å². The fourth-order valence-electron chi connectivity index (χ4n) is 2.55. The molecule has 0 radical (unpaired) electrons. The smallest absolute Gasteiger partial charge is 0.303 e. The molecule has 1 aromatic rings. The van der Waals surface area contributed by atoms with Crippen LogP contribution in [0.25, 0.3) is 0 Å². The Morgan fingerprint density at radius 2 is 2.05 bits per heavy atom. The van der Waals surface area contributed by atoms with Gasteiger partial charge in [-0.15, -0.1) is 0 Å². The molecule has 21 heavy (non-hydrogen) atoms. The molecule has 5 heteroatoms. The minimum Gasteiger partial charge on any atom is -0.481 e. The average Bonchev–Trinajstić information content (AvgIpc) is 2.98. The number of ether oxygens (including phenoxy) is 1. The highest BCUT2D eigenvalue weighted by Crippen LogP contribution is 2.26. The molecule has 0 saturated carbocycles. The van der Waals surface area contributed by atoms with Gasteiger partial charge in [0.1, 0.15) is 0 Å². The van der Waals surface area contributed by atoms with Crippen LogP contribution in [-0.2, 0) is 14.3 Å². The molecule has 0 bridgehead atoms. The van der Waals surface area contributed by atoms with Crippen LogP contribution in [0, 0.1) is 5.92 Å². The summed E-state index contributed by atoms with van der Waals surface area (Å²) in [5, 5.41) is 11.6. The number of amides is 1. The summed E-state index contributed by atoms with van der Waals surface area (Å²) in [5.41, 5.74) is 1.05. The van der Waals surface area contributed by atoms with Crippen molar-refractivity contribution in [1.82, 2.24) is 5.32 Å². The first-order valence-corrected chi connectivity index (χ1v) is 7.29. The number of carbonyl (C=O) groups is 2. The van der Waals surface area contributed by atoms with Crippen molar-refractivity contribution in [3.05, 3.63) is 35.9 Å². The van der Waals surface area contributed by atoms with E-state index < -0.39 is 5.97 Å². The van der Waals surface area contributed by atoms with E-state index in [0.29, 0.717) is 5.92 Å². The van der Waals surface area contributed by atoms with Gasteiger partial charge in [-0.2, -0.15) is 0 Å². The lowest BCUT2D eigenvalue weighted by Gasteiger charge is -2.22. The molecular weight excluding hydrogens is 270 g/mol. The highest BCUT2D eigenvalue weighted by Gasteiger charge is 2.23. The largest absolute Gasteiger partial charge is 0.481 e. The number of aliphatic carboxylic acids is 1. The third kappa shape index (κ3) is 5.19. The molecule has 1 heterocycles. The summed E-state index contributed by atoms with van der Waals surface area (Å²) >= 11 is 0. The first kappa shape index (κ1) is 15.5. The van der Waals surface area contributed by atoms with E-state index in [0.717, 1.165) is 31.6 Å². The van der Waals surface area contributed by atoms with Gasteiger partial charge in [0, 0.05) is 19.6 Å². The number of benzene rings is 1. The Morgan fingerprint density at radius 1 is 1.29 bits per heavy atom. The number of carboxylic acids is 1. The second-order valence-electron chi connectivity index (χ2n) is 5.39. The molecule has 5 nitrogen and oxygen atoms in total. The first-order chi connectivity index (χ1) is 10.1. The Balaban J connectivity index is 1.97. The zero-order valence-electron chi connectivity index (χ0n) is 12.0. The molecule has 2 atom stereocenters. The summed E-state index contributed by atoms with van der Waals surface area (Å²) < 4.78 is 5.39. The number of rotatable bonds is 7. The van der Waals surface area contributed by atoms with Crippen LogP contribution >= 0.6 is 0 Å². The normalized spacial score (nSPS) is 19.1. The summed E-state index contributed by atoms with van der Waals surface area (Å²) in [5.74, 6) is -0.731. The highest BCUT2D eigenvalue weighted by atomic mass is 16.5. The van der Waals surface area contributed by atoms with Gasteiger partial charge in [0.05, 0.1) is 12.5 Å². The molecule has 0 aromatic heterocycles. The summed E-state index contributed by atoms with van der Waals surface area (Å²) in [4.78, 5) is 22.4. The number of carbonyl (C=O) groups excluding carboxylic acids is 1. The maximum absolute atomic E-state index is 11.9. The quantitative estimate of drug-likeness (QED) is 0.807. The molecule has 114 valence electrons. The third-order valence-corrected chi connectivity index (χ3v) is 3.70. The van der Waals surface area contributed by atoms with E-state index in [1.165, 1.54) is 0 Å². The Hall–Kier alpha value is -1.88. The molecule has 1 aromatic carbocycles. The zero-order chi connectivity index (χ0) is 15.1. The molecule has 1 saturated heterocycles. The van der Waals surface area contributed by atoms with E-state index in [4.69, 9.17) is 9.84 Å². The monoisotopic (exact) mass is 291 g/mol. The maximum Gasteiger partial charge on any atom is 0.303 e. The SMILES string of the molecule is O=C(O)CCC(=O)NC(CC1CCOC1)c1ccccc1. The molecule has 1 amide bonds. The van der Waals surface area contributed by atoms with Crippen molar-refractivity contribution in [3.63, 3.8) is 0 Å². The standard InChI is InChI=1S/C16H21NO4/c18-15(6-7-16(19)20)17-14(10-12-8-9-21-11-12)13-4-2-1-3-5-13/h1-5,12,14H,6-11H2,(H,17,18)(H,19,20). The second kappa shape index (κ2) is 7.78. The van der Waals surface area contributed by atoms with Crippen LogP contribution in [0.1, 0.15) is 37.3 Å². The van der Waals surface area contributed by atoms with Gasteiger partial charge in [-0.25, -0.2) is 0 Å². The van der Waals surface area contributed by atoms with E-state index in [2.05, 4.69) is 5.32 Å². The lowest BCUT2D eigenvalue weighted by atomic mass is 9.94. The number of hydrogen-bond donors (Lipinski definition) is 2. The predicted molar refractivity (Wildman–Crippen MR) is 77.7 cm³/mol. The first-order valence-electron chi connectivity index (χ1n) is 7.29. The van der Waals surface area contributed by atoms with Gasteiger partial charge >= 0.3 is 5.97 Å². The summed E-state index contributed by atoms with van der Waals surface area (Å²) in [6, 6.07) is 9.70. The fourth-order valence-corrected chi connectivity index (χ4v) is 2.55. The van der Waals surface area contributed by atoms with Crippen molar-refractivity contribution < 1.29 is 19.4 Å². The van der Waals surface area contributed by atoms with Gasteiger partial charge in [-0.3, -0.25) is 9.59 Å². The van der Waals surface area contributed by atoms with Crippen LogP contribution in [0.3, 0.4) is 0 Å². The Kier molecular flexibility index (Phi) is 5.75. The number of hydrogen-bond acceptors (Lipinski definition) is 3. The topological polar surface area (TPSA) is 75.6 Å². The van der Waals surface area contributed by atoms with Crippen molar-refractivity contribution in [1.29, 1.82) is 0 Å². The van der Waals surface area contributed by atoms with Crippen LogP contribution in [0.4, 0.5) is 0 Å². The van der Waals surface area contributed by atoms with Crippen molar-refractivity contribution >= 4 is 11.9 Å². The van der Waals surface area contributed by atoms with Crippen molar-refractivity contribution in [2.45, 2.75) is 31.7 Å². The molecule has 2 rings (SSSR count). The van der Waals surface area contributed by atoms with Gasteiger partial charge in [0.2, 0.25) is 5.91 Å². The lowest BCUT2D eigenvalue weighted by molar-refractivity contribution is -0.139. The van der Waals surface area contributed by atoms with Gasteiger partial charge in [0.15, 0.2) is 0 Å².